The summed E-state index contributed by atoms with van der Waals surface area (Å²) < 4.78 is 27.3. The molecule has 3 rings (SSSR count). The summed E-state index contributed by atoms with van der Waals surface area (Å²) in [6.07, 6.45) is 2.32. The monoisotopic (exact) mass is 337 g/mol. The van der Waals surface area contributed by atoms with Gasteiger partial charge in [0.15, 0.2) is 5.78 Å². The van der Waals surface area contributed by atoms with Gasteiger partial charge in [-0.25, -0.2) is 8.42 Å². The van der Waals surface area contributed by atoms with Gasteiger partial charge in [-0.15, -0.1) is 11.8 Å². The lowest BCUT2D eigenvalue weighted by molar-refractivity contribution is -0.114. The number of fused-ring (bicyclic) bond motifs is 1. The zero-order chi connectivity index (χ0) is 16.1. The second-order valence-electron chi connectivity index (χ2n) is 5.88. The summed E-state index contributed by atoms with van der Waals surface area (Å²) >= 11 is 1.44. The number of hydrogen-bond donors (Lipinski definition) is 0. The number of rotatable bonds is 3. The van der Waals surface area contributed by atoms with Gasteiger partial charge >= 0.3 is 0 Å². The van der Waals surface area contributed by atoms with Crippen molar-refractivity contribution in [1.29, 1.82) is 0 Å². The minimum atomic E-state index is -3.52. The number of hydrogen-bond acceptors (Lipinski definition) is 4. The molecule has 1 aromatic rings. The SMILES string of the molecule is CSC1=C2[C@H](CC1=O)CN(S(=O)(=O)c1ccc(C)cc1)[C@@H]2C. The smallest absolute Gasteiger partial charge is 0.243 e. The molecule has 0 radical (unpaired) electrons. The number of carbonyl (C=O) groups excluding carboxylic acids is 1. The minimum Gasteiger partial charge on any atom is -0.294 e. The molecule has 118 valence electrons. The molecule has 0 amide bonds. The topological polar surface area (TPSA) is 54.5 Å². The average molecular weight is 337 g/mol. The van der Waals surface area contributed by atoms with Gasteiger partial charge in [-0.1, -0.05) is 17.7 Å². The Balaban J connectivity index is 1.99. The number of aryl methyl sites for hydroxylation is 1. The van der Waals surface area contributed by atoms with Crippen LogP contribution in [0.5, 0.6) is 0 Å². The quantitative estimate of drug-likeness (QED) is 0.851. The van der Waals surface area contributed by atoms with Gasteiger partial charge < -0.3 is 0 Å². The molecule has 0 saturated carbocycles. The summed E-state index contributed by atoms with van der Waals surface area (Å²) in [5.74, 6) is 0.205. The van der Waals surface area contributed by atoms with Crippen molar-refractivity contribution >= 4 is 27.6 Å². The number of sulfonamides is 1. The van der Waals surface area contributed by atoms with Crippen molar-refractivity contribution in [3.63, 3.8) is 0 Å². The van der Waals surface area contributed by atoms with Crippen molar-refractivity contribution < 1.29 is 13.2 Å². The molecular formula is C16H19NO3S2. The molecule has 0 unspecified atom stereocenters. The molecule has 2 aliphatic rings. The van der Waals surface area contributed by atoms with Crippen LogP contribution in [0, 0.1) is 12.8 Å². The highest BCUT2D eigenvalue weighted by Gasteiger charge is 2.47. The Bertz CT molecular complexity index is 750. The molecule has 1 aromatic carbocycles. The van der Waals surface area contributed by atoms with Crippen molar-refractivity contribution in [2.24, 2.45) is 5.92 Å². The van der Waals surface area contributed by atoms with Crippen LogP contribution in [0.25, 0.3) is 0 Å². The highest BCUT2D eigenvalue weighted by Crippen LogP contribution is 2.44. The van der Waals surface area contributed by atoms with Crippen LogP contribution in [-0.4, -0.2) is 37.3 Å². The highest BCUT2D eigenvalue weighted by molar-refractivity contribution is 8.03. The van der Waals surface area contributed by atoms with Crippen LogP contribution in [-0.2, 0) is 14.8 Å². The third kappa shape index (κ3) is 2.33. The molecule has 2 atom stereocenters. The van der Waals surface area contributed by atoms with Crippen LogP contribution in [0.4, 0.5) is 0 Å². The lowest BCUT2D eigenvalue weighted by Gasteiger charge is -2.22. The highest BCUT2D eigenvalue weighted by atomic mass is 32.2. The lowest BCUT2D eigenvalue weighted by Crippen LogP contribution is -2.35. The molecule has 22 heavy (non-hydrogen) atoms. The molecule has 1 aliphatic heterocycles. The Labute approximate surface area is 135 Å². The van der Waals surface area contributed by atoms with Crippen molar-refractivity contribution in [2.75, 3.05) is 12.8 Å². The molecule has 0 bridgehead atoms. The maximum absolute atomic E-state index is 12.9. The van der Waals surface area contributed by atoms with Gasteiger partial charge in [0, 0.05) is 24.9 Å². The molecule has 4 nitrogen and oxygen atoms in total. The van der Waals surface area contributed by atoms with E-state index in [1.807, 2.05) is 32.2 Å². The van der Waals surface area contributed by atoms with Gasteiger partial charge in [-0.05, 0) is 37.8 Å². The fourth-order valence-electron chi connectivity index (χ4n) is 3.38. The number of allylic oxidation sites excluding steroid dienone is 1. The first kappa shape index (κ1) is 15.8. The van der Waals surface area contributed by atoms with E-state index in [0.717, 1.165) is 16.0 Å². The third-order valence-electron chi connectivity index (χ3n) is 4.50. The maximum Gasteiger partial charge on any atom is 0.243 e. The predicted octanol–water partition coefficient (Wildman–Crippen LogP) is 2.59. The molecule has 0 aromatic heterocycles. The van der Waals surface area contributed by atoms with E-state index in [0.29, 0.717) is 17.9 Å². The summed E-state index contributed by atoms with van der Waals surface area (Å²) in [5, 5.41) is 0. The van der Waals surface area contributed by atoms with Crippen LogP contribution in [0.1, 0.15) is 18.9 Å². The van der Waals surface area contributed by atoms with Crippen molar-refractivity contribution in [2.45, 2.75) is 31.2 Å². The van der Waals surface area contributed by atoms with Crippen LogP contribution < -0.4 is 0 Å². The molecule has 1 heterocycles. The van der Waals surface area contributed by atoms with Crippen LogP contribution >= 0.6 is 11.8 Å². The van der Waals surface area contributed by atoms with Crippen LogP contribution in [0.2, 0.25) is 0 Å². The van der Waals surface area contributed by atoms with E-state index in [1.54, 1.807) is 16.4 Å². The van der Waals surface area contributed by atoms with Gasteiger partial charge in [0.1, 0.15) is 0 Å². The summed E-state index contributed by atoms with van der Waals surface area (Å²) in [4.78, 5) is 13.1. The normalized spacial score (nSPS) is 25.9. The van der Waals surface area contributed by atoms with E-state index >= 15 is 0 Å². The summed E-state index contributed by atoms with van der Waals surface area (Å²) in [5.41, 5.74) is 2.04. The van der Waals surface area contributed by atoms with Gasteiger partial charge in [-0.2, -0.15) is 4.31 Å². The van der Waals surface area contributed by atoms with Gasteiger partial charge in [0.25, 0.3) is 0 Å². The lowest BCUT2D eigenvalue weighted by atomic mass is 10.0. The van der Waals surface area contributed by atoms with E-state index < -0.39 is 10.0 Å². The number of ketones is 1. The van der Waals surface area contributed by atoms with E-state index in [-0.39, 0.29) is 17.7 Å². The van der Waals surface area contributed by atoms with E-state index in [2.05, 4.69) is 0 Å². The zero-order valence-corrected chi connectivity index (χ0v) is 14.5. The third-order valence-corrected chi connectivity index (χ3v) is 7.32. The first-order chi connectivity index (χ1) is 10.4. The van der Waals surface area contributed by atoms with Gasteiger partial charge in [-0.3, -0.25) is 4.79 Å². The predicted molar refractivity (Wildman–Crippen MR) is 88.2 cm³/mol. The van der Waals surface area contributed by atoms with Gasteiger partial charge in [0.2, 0.25) is 10.0 Å². The van der Waals surface area contributed by atoms with Crippen LogP contribution in [0.15, 0.2) is 39.6 Å². The number of nitrogens with zero attached hydrogens (tertiary/aromatic N) is 1. The maximum atomic E-state index is 12.9. The number of benzene rings is 1. The van der Waals surface area contributed by atoms with Crippen molar-refractivity contribution in [3.05, 3.63) is 40.3 Å². The Kier molecular flexibility index (Phi) is 3.95. The number of carbonyl (C=O) groups is 1. The second kappa shape index (κ2) is 5.51. The Morgan fingerprint density at radius 2 is 1.86 bits per heavy atom. The van der Waals surface area contributed by atoms with Gasteiger partial charge in [0.05, 0.1) is 9.80 Å². The molecule has 1 saturated heterocycles. The molecule has 1 fully saturated rings. The fraction of sp³-hybridized carbons (Fsp3) is 0.438. The van der Waals surface area contributed by atoms with E-state index in [4.69, 9.17) is 0 Å². The Morgan fingerprint density at radius 1 is 1.23 bits per heavy atom. The molecular weight excluding hydrogens is 318 g/mol. The average Bonchev–Trinajstić information content (AvgIpc) is 2.95. The summed E-state index contributed by atoms with van der Waals surface area (Å²) in [7, 11) is -3.52. The van der Waals surface area contributed by atoms with E-state index in [1.165, 1.54) is 11.8 Å². The molecule has 0 spiro atoms. The fourth-order valence-corrected chi connectivity index (χ4v) is 5.92. The first-order valence-electron chi connectivity index (χ1n) is 7.26. The van der Waals surface area contributed by atoms with E-state index in [9.17, 15) is 13.2 Å². The number of thioether (sulfide) groups is 1. The Morgan fingerprint density at radius 3 is 2.45 bits per heavy atom. The van der Waals surface area contributed by atoms with Crippen molar-refractivity contribution in [3.8, 4) is 0 Å². The summed E-state index contributed by atoms with van der Waals surface area (Å²) in [6.45, 7) is 4.22. The molecule has 1 aliphatic carbocycles. The minimum absolute atomic E-state index is 0.0465. The molecule has 6 heteroatoms. The zero-order valence-electron chi connectivity index (χ0n) is 12.9. The largest absolute Gasteiger partial charge is 0.294 e. The molecule has 0 N–H and O–H groups in total. The standard InChI is InChI=1S/C16H19NO3S2/c1-10-4-6-13(7-5-10)22(19,20)17-9-12-8-14(18)16(21-3)15(12)11(17)2/h4-7,11-12H,8-9H2,1-3H3/t11-,12-/m1/s1. The Hall–Kier alpha value is -1.11. The first-order valence-corrected chi connectivity index (χ1v) is 9.92. The van der Waals surface area contributed by atoms with Crippen molar-refractivity contribution in [1.82, 2.24) is 4.31 Å². The summed E-state index contributed by atoms with van der Waals surface area (Å²) in [6, 6.07) is 6.68. The second-order valence-corrected chi connectivity index (χ2v) is 8.58. The number of Topliss-reactive ketones (excluding diaryl/α,β-unsaturated/α-hetero) is 1. The van der Waals surface area contributed by atoms with Crippen LogP contribution in [0.3, 0.4) is 0 Å².